The molecule has 1 nitrogen and oxygen atoms in total. The van der Waals surface area contributed by atoms with Crippen LogP contribution in [0.2, 0.25) is 0 Å². The van der Waals surface area contributed by atoms with Crippen molar-refractivity contribution in [3.8, 4) is 22.4 Å². The molecule has 0 spiro atoms. The summed E-state index contributed by atoms with van der Waals surface area (Å²) >= 11 is 0. The van der Waals surface area contributed by atoms with Gasteiger partial charge in [-0.15, -0.1) is 0 Å². The average molecular weight is 277 g/mol. The molecule has 0 radical (unpaired) electrons. The van der Waals surface area contributed by atoms with Crippen LogP contribution in [0.4, 0.5) is 0 Å². The molecule has 0 saturated heterocycles. The molecule has 0 fully saturated rings. The number of hydrogen-bond acceptors (Lipinski definition) is 0. The molecule has 1 heteroatoms. The Labute approximate surface area is 130 Å². The Balaban J connectivity index is 2.28. The van der Waals surface area contributed by atoms with Gasteiger partial charge in [0.1, 0.15) is 7.05 Å². The Bertz CT molecular complexity index is 868. The number of rotatable bonds is 2. The second-order valence-electron chi connectivity index (χ2n) is 5.28. The van der Waals surface area contributed by atoms with E-state index in [-0.39, 0.29) is 0 Å². The minimum Gasteiger partial charge on any atom is -0.201 e. The number of aryl methyl sites for hydroxylation is 3. The van der Waals surface area contributed by atoms with Crippen molar-refractivity contribution >= 4 is 0 Å². The van der Waals surface area contributed by atoms with Gasteiger partial charge in [0.05, 0.1) is 0 Å². The lowest BCUT2D eigenvalue weighted by Gasteiger charge is -2.11. The fourth-order valence-electron chi connectivity index (χ4n) is 2.64. The van der Waals surface area contributed by atoms with Crippen LogP contribution in [0.25, 0.3) is 22.4 Å². The van der Waals surface area contributed by atoms with Gasteiger partial charge in [-0.3, -0.25) is 0 Å². The molecule has 0 saturated carbocycles. The van der Waals surface area contributed by atoms with Crippen molar-refractivity contribution in [2.24, 2.45) is 7.05 Å². The monoisotopic (exact) mass is 277 g/mol. The third-order valence-electron chi connectivity index (χ3n) is 3.78. The summed E-state index contributed by atoms with van der Waals surface area (Å²) in [5.74, 6) is 0. The van der Waals surface area contributed by atoms with Crippen LogP contribution in [0.3, 0.4) is 0 Å². The molecule has 0 amide bonds. The number of benzene rings is 2. The van der Waals surface area contributed by atoms with E-state index in [0.717, 1.165) is 27.9 Å². The molecule has 0 atom stereocenters. The van der Waals surface area contributed by atoms with Crippen LogP contribution >= 0.6 is 0 Å². The summed E-state index contributed by atoms with van der Waals surface area (Å²) in [4.78, 5) is 0. The number of hydrogen-bond donors (Lipinski definition) is 0. The third kappa shape index (κ3) is 2.59. The van der Waals surface area contributed by atoms with E-state index in [0.29, 0.717) is 5.56 Å². The Morgan fingerprint density at radius 2 is 1.57 bits per heavy atom. The summed E-state index contributed by atoms with van der Waals surface area (Å²) in [6, 6.07) is 19.4. The Kier molecular flexibility index (Phi) is 2.72. The molecular weight excluding hydrogens is 254 g/mol. The van der Waals surface area contributed by atoms with Crippen LogP contribution in [0.15, 0.2) is 66.9 Å². The normalized spacial score (nSPS) is 13.3. The second-order valence-corrected chi connectivity index (χ2v) is 5.28. The molecule has 0 aliphatic carbocycles. The van der Waals surface area contributed by atoms with E-state index in [4.69, 9.17) is 4.11 Å². The van der Waals surface area contributed by atoms with Crippen LogP contribution < -0.4 is 4.57 Å². The van der Waals surface area contributed by atoms with Gasteiger partial charge in [0.25, 0.3) is 0 Å². The first-order valence-electron chi connectivity index (χ1n) is 8.53. The standard InChI is InChI=1S/C20H20N/c1-15-14-19(20-11-7-8-12-21(20)3)16(2)13-18(15)17-9-5-4-6-10-17/h4-14H,1-3H3/q+1/i1D3. The van der Waals surface area contributed by atoms with Crippen molar-refractivity contribution in [3.05, 3.63) is 78.0 Å². The maximum Gasteiger partial charge on any atom is 0.212 e. The summed E-state index contributed by atoms with van der Waals surface area (Å²) < 4.78 is 25.9. The van der Waals surface area contributed by atoms with Gasteiger partial charge in [0.2, 0.25) is 5.69 Å². The SMILES string of the molecule is [2H]C([2H])([2H])c1cc(-c2cccc[n+]2C)c(C)cc1-c1ccccc1. The molecule has 0 N–H and O–H groups in total. The van der Waals surface area contributed by atoms with Crippen molar-refractivity contribution in [1.82, 2.24) is 0 Å². The molecule has 3 rings (SSSR count). The van der Waals surface area contributed by atoms with E-state index in [9.17, 15) is 0 Å². The molecule has 104 valence electrons. The minimum absolute atomic E-state index is 0.387. The smallest absolute Gasteiger partial charge is 0.201 e. The van der Waals surface area contributed by atoms with Gasteiger partial charge in [-0.1, -0.05) is 36.4 Å². The van der Waals surface area contributed by atoms with Gasteiger partial charge in [0, 0.05) is 21.8 Å². The molecule has 21 heavy (non-hydrogen) atoms. The third-order valence-corrected chi connectivity index (χ3v) is 3.78. The van der Waals surface area contributed by atoms with E-state index in [1.807, 2.05) is 85.4 Å². The van der Waals surface area contributed by atoms with Crippen molar-refractivity contribution in [2.45, 2.75) is 13.8 Å². The van der Waals surface area contributed by atoms with Crippen LogP contribution in [0.5, 0.6) is 0 Å². The predicted molar refractivity (Wildman–Crippen MR) is 88.0 cm³/mol. The molecule has 0 unspecified atom stereocenters. The molecule has 0 aliphatic rings. The van der Waals surface area contributed by atoms with Crippen molar-refractivity contribution in [3.63, 3.8) is 0 Å². The van der Waals surface area contributed by atoms with E-state index in [1.165, 1.54) is 0 Å². The zero-order chi connectivity index (χ0) is 17.3. The Hall–Kier alpha value is -2.41. The zero-order valence-corrected chi connectivity index (χ0v) is 12.3. The highest BCUT2D eigenvalue weighted by Gasteiger charge is 2.14. The van der Waals surface area contributed by atoms with E-state index >= 15 is 0 Å². The van der Waals surface area contributed by atoms with E-state index in [2.05, 4.69) is 0 Å². The zero-order valence-electron chi connectivity index (χ0n) is 15.3. The highest BCUT2D eigenvalue weighted by Crippen LogP contribution is 2.30. The van der Waals surface area contributed by atoms with Crippen LogP contribution in [0, 0.1) is 13.8 Å². The maximum absolute atomic E-state index is 7.97. The second kappa shape index (κ2) is 5.53. The van der Waals surface area contributed by atoms with Crippen LogP contribution in [0.1, 0.15) is 15.2 Å². The lowest BCUT2D eigenvalue weighted by molar-refractivity contribution is -0.660. The van der Waals surface area contributed by atoms with Crippen molar-refractivity contribution < 1.29 is 8.68 Å². The summed E-state index contributed by atoms with van der Waals surface area (Å²) in [6.45, 7) is -0.140. The number of aromatic nitrogens is 1. The lowest BCUT2D eigenvalue weighted by atomic mass is 9.93. The fraction of sp³-hybridized carbons (Fsp3) is 0.150. The lowest BCUT2D eigenvalue weighted by Crippen LogP contribution is -2.30. The minimum atomic E-state index is -2.17. The van der Waals surface area contributed by atoms with Gasteiger partial charge in [-0.2, -0.15) is 0 Å². The summed E-state index contributed by atoms with van der Waals surface area (Å²) in [7, 11) is 1.97. The summed E-state index contributed by atoms with van der Waals surface area (Å²) in [5, 5.41) is 0. The molecule has 0 aliphatic heterocycles. The predicted octanol–water partition coefficient (Wildman–Crippen LogP) is 4.46. The van der Waals surface area contributed by atoms with Gasteiger partial charge in [0.15, 0.2) is 6.20 Å². The molecule has 2 aromatic carbocycles. The number of pyridine rings is 1. The van der Waals surface area contributed by atoms with Crippen LogP contribution in [-0.4, -0.2) is 0 Å². The van der Waals surface area contributed by atoms with Crippen molar-refractivity contribution in [1.29, 1.82) is 0 Å². The summed E-state index contributed by atoms with van der Waals surface area (Å²) in [5.41, 5.74) is 5.09. The first kappa shape index (κ1) is 10.3. The Morgan fingerprint density at radius 3 is 2.29 bits per heavy atom. The largest absolute Gasteiger partial charge is 0.212 e. The molecule has 1 heterocycles. The highest BCUT2D eigenvalue weighted by molar-refractivity contribution is 5.74. The van der Waals surface area contributed by atoms with Crippen molar-refractivity contribution in [2.75, 3.05) is 0 Å². The van der Waals surface area contributed by atoms with Gasteiger partial charge in [-0.25, -0.2) is 4.57 Å². The topological polar surface area (TPSA) is 3.88 Å². The quantitative estimate of drug-likeness (QED) is 0.609. The van der Waals surface area contributed by atoms with Gasteiger partial charge in [-0.05, 0) is 48.2 Å². The molecular formula is C20H20N+. The van der Waals surface area contributed by atoms with Gasteiger partial charge >= 0.3 is 0 Å². The highest BCUT2D eigenvalue weighted by atomic mass is 14.9. The number of nitrogens with zero attached hydrogens (tertiary/aromatic N) is 1. The van der Waals surface area contributed by atoms with Gasteiger partial charge < -0.3 is 0 Å². The molecule has 0 bridgehead atoms. The molecule has 3 aromatic rings. The first-order chi connectivity index (χ1) is 11.4. The maximum atomic E-state index is 7.97. The summed E-state index contributed by atoms with van der Waals surface area (Å²) in [6.07, 6.45) is 1.97. The Morgan fingerprint density at radius 1 is 0.857 bits per heavy atom. The van der Waals surface area contributed by atoms with E-state index in [1.54, 1.807) is 0 Å². The fourth-order valence-corrected chi connectivity index (χ4v) is 2.64. The molecule has 1 aromatic heterocycles. The average Bonchev–Trinajstić information content (AvgIpc) is 2.55. The van der Waals surface area contributed by atoms with E-state index < -0.39 is 6.85 Å². The first-order valence-corrected chi connectivity index (χ1v) is 7.03. The van der Waals surface area contributed by atoms with Crippen LogP contribution in [-0.2, 0) is 7.05 Å².